The quantitative estimate of drug-likeness (QED) is 0.786. The van der Waals surface area contributed by atoms with Gasteiger partial charge in [-0.05, 0) is 53.4 Å². The molecule has 1 aliphatic rings. The summed E-state index contributed by atoms with van der Waals surface area (Å²) < 4.78 is 0. The molecule has 0 radical (unpaired) electrons. The third-order valence-corrected chi connectivity index (χ3v) is 3.79. The molecular weight excluding hydrogens is 240 g/mol. The third kappa shape index (κ3) is 4.51. The summed E-state index contributed by atoms with van der Waals surface area (Å²) in [6.07, 6.45) is 2.57. The van der Waals surface area contributed by atoms with Gasteiger partial charge in [0.2, 0.25) is 0 Å². The van der Waals surface area contributed by atoms with Crippen molar-refractivity contribution in [1.82, 2.24) is 9.80 Å². The Bertz CT molecular complexity index is 310. The lowest BCUT2D eigenvalue weighted by atomic mass is 9.92. The van der Waals surface area contributed by atoms with Gasteiger partial charge in [-0.1, -0.05) is 0 Å². The van der Waals surface area contributed by atoms with E-state index < -0.39 is 0 Å². The normalized spacial score (nSPS) is 17.1. The molecule has 0 aliphatic carbocycles. The van der Waals surface area contributed by atoms with Gasteiger partial charge in [0, 0.05) is 31.6 Å². The molecule has 0 spiro atoms. The molecule has 0 aromatic heterocycles. The van der Waals surface area contributed by atoms with Gasteiger partial charge < -0.3 is 14.6 Å². The average molecular weight is 268 g/mol. The molecule has 0 atom stereocenters. The first-order valence-electron chi connectivity index (χ1n) is 7.39. The van der Waals surface area contributed by atoms with E-state index >= 15 is 0 Å². The molecule has 0 N–H and O–H groups in total. The minimum Gasteiger partial charge on any atom is -0.325 e. The molecular formula is C15H28N2O2. The van der Waals surface area contributed by atoms with Crippen molar-refractivity contribution < 1.29 is 9.59 Å². The highest BCUT2D eigenvalue weighted by atomic mass is 16.2. The van der Waals surface area contributed by atoms with E-state index in [9.17, 15) is 9.59 Å². The zero-order chi connectivity index (χ0) is 14.6. The maximum Gasteiger partial charge on any atom is 0.320 e. The Labute approximate surface area is 117 Å². The maximum atomic E-state index is 12.5. The topological polar surface area (TPSA) is 40.6 Å². The first-order valence-corrected chi connectivity index (χ1v) is 7.39. The number of likely N-dealkylation sites (tertiary alicyclic amines) is 1. The van der Waals surface area contributed by atoms with E-state index in [1.165, 1.54) is 0 Å². The number of piperidine rings is 1. The molecule has 0 bridgehead atoms. The predicted octanol–water partition coefficient (Wildman–Crippen LogP) is 2.92. The van der Waals surface area contributed by atoms with Crippen LogP contribution in [0.15, 0.2) is 0 Å². The Morgan fingerprint density at radius 2 is 1.58 bits per heavy atom. The lowest BCUT2D eigenvalue weighted by Gasteiger charge is -2.39. The van der Waals surface area contributed by atoms with Crippen molar-refractivity contribution in [1.29, 1.82) is 0 Å². The van der Waals surface area contributed by atoms with Gasteiger partial charge >= 0.3 is 6.03 Å². The second-order valence-electron chi connectivity index (χ2n) is 6.21. The first-order chi connectivity index (χ1) is 8.82. The summed E-state index contributed by atoms with van der Waals surface area (Å²) in [4.78, 5) is 27.5. The second-order valence-corrected chi connectivity index (χ2v) is 6.21. The molecule has 2 amide bonds. The lowest BCUT2D eigenvalue weighted by molar-refractivity contribution is -0.118. The van der Waals surface area contributed by atoms with Gasteiger partial charge in [0.05, 0.1) is 0 Å². The lowest BCUT2D eigenvalue weighted by Crippen LogP contribution is -2.51. The maximum absolute atomic E-state index is 12.5. The van der Waals surface area contributed by atoms with Gasteiger partial charge in [-0.3, -0.25) is 0 Å². The van der Waals surface area contributed by atoms with Crippen LogP contribution in [0.25, 0.3) is 0 Å². The summed E-state index contributed by atoms with van der Waals surface area (Å²) >= 11 is 0. The van der Waals surface area contributed by atoms with Crippen molar-refractivity contribution in [2.45, 2.75) is 66.0 Å². The standard InChI is InChI=1S/C15H28N2O2/c1-11(2)17(12(3)4)15(19)16-8-6-14(7-9-16)10-13(5)18/h11-12,14H,6-10H2,1-5H3. The second kappa shape index (κ2) is 6.92. The SMILES string of the molecule is CC(=O)CC1CCN(C(=O)N(C(C)C)C(C)C)CC1. The molecule has 0 saturated carbocycles. The van der Waals surface area contributed by atoms with Crippen molar-refractivity contribution in [3.05, 3.63) is 0 Å². The van der Waals surface area contributed by atoms with Crippen LogP contribution in [0.1, 0.15) is 53.9 Å². The highest BCUT2D eigenvalue weighted by Crippen LogP contribution is 2.22. The number of amides is 2. The highest BCUT2D eigenvalue weighted by Gasteiger charge is 2.29. The largest absolute Gasteiger partial charge is 0.325 e. The van der Waals surface area contributed by atoms with E-state index in [0.29, 0.717) is 12.3 Å². The van der Waals surface area contributed by atoms with Crippen LogP contribution in [0.5, 0.6) is 0 Å². The predicted molar refractivity (Wildman–Crippen MR) is 77.1 cm³/mol. The summed E-state index contributed by atoms with van der Waals surface area (Å²) in [6.45, 7) is 11.4. The number of urea groups is 1. The number of hydrogen-bond donors (Lipinski definition) is 0. The summed E-state index contributed by atoms with van der Waals surface area (Å²) in [5.74, 6) is 0.726. The van der Waals surface area contributed by atoms with Crippen LogP contribution < -0.4 is 0 Å². The monoisotopic (exact) mass is 268 g/mol. The van der Waals surface area contributed by atoms with E-state index in [4.69, 9.17) is 0 Å². The first kappa shape index (κ1) is 16.0. The molecule has 4 nitrogen and oxygen atoms in total. The zero-order valence-electron chi connectivity index (χ0n) is 13.0. The van der Waals surface area contributed by atoms with Gasteiger partial charge in [0.25, 0.3) is 0 Å². The average Bonchev–Trinajstić information content (AvgIpc) is 2.27. The molecule has 0 aromatic carbocycles. The number of ketones is 1. The van der Waals surface area contributed by atoms with Crippen LogP contribution in [-0.2, 0) is 4.79 Å². The van der Waals surface area contributed by atoms with Crippen molar-refractivity contribution >= 4 is 11.8 Å². The van der Waals surface area contributed by atoms with Gasteiger partial charge in [-0.15, -0.1) is 0 Å². The van der Waals surface area contributed by atoms with E-state index in [1.54, 1.807) is 6.92 Å². The van der Waals surface area contributed by atoms with Crippen molar-refractivity contribution in [2.24, 2.45) is 5.92 Å². The Hall–Kier alpha value is -1.06. The number of carbonyl (C=O) groups excluding carboxylic acids is 2. The zero-order valence-corrected chi connectivity index (χ0v) is 13.0. The Balaban J connectivity index is 2.54. The fourth-order valence-electron chi connectivity index (χ4n) is 2.94. The van der Waals surface area contributed by atoms with Crippen molar-refractivity contribution in [2.75, 3.05) is 13.1 Å². The molecule has 0 aromatic rings. The molecule has 1 fully saturated rings. The van der Waals surface area contributed by atoms with Gasteiger partial charge in [0.15, 0.2) is 0 Å². The van der Waals surface area contributed by atoms with Crippen LogP contribution in [0, 0.1) is 5.92 Å². The smallest absolute Gasteiger partial charge is 0.320 e. The molecule has 1 rings (SSSR count). The van der Waals surface area contributed by atoms with Crippen LogP contribution in [0.4, 0.5) is 4.79 Å². The van der Waals surface area contributed by atoms with Gasteiger partial charge in [0.1, 0.15) is 5.78 Å². The van der Waals surface area contributed by atoms with E-state index in [-0.39, 0.29) is 23.9 Å². The van der Waals surface area contributed by atoms with Crippen molar-refractivity contribution in [3.8, 4) is 0 Å². The summed E-state index contributed by atoms with van der Waals surface area (Å²) in [7, 11) is 0. The number of hydrogen-bond acceptors (Lipinski definition) is 2. The van der Waals surface area contributed by atoms with Crippen molar-refractivity contribution in [3.63, 3.8) is 0 Å². The van der Waals surface area contributed by atoms with Crippen LogP contribution in [-0.4, -0.2) is 46.8 Å². The molecule has 1 aliphatic heterocycles. The fourth-order valence-corrected chi connectivity index (χ4v) is 2.94. The van der Waals surface area contributed by atoms with E-state index in [2.05, 4.69) is 27.7 Å². The number of carbonyl (C=O) groups is 2. The number of nitrogens with zero attached hydrogens (tertiary/aromatic N) is 2. The van der Waals surface area contributed by atoms with Crippen LogP contribution in [0.3, 0.4) is 0 Å². The third-order valence-electron chi connectivity index (χ3n) is 3.79. The molecule has 110 valence electrons. The molecule has 1 saturated heterocycles. The Kier molecular flexibility index (Phi) is 5.83. The molecule has 1 heterocycles. The van der Waals surface area contributed by atoms with E-state index in [1.807, 2.05) is 9.80 Å². The molecule has 4 heteroatoms. The number of rotatable bonds is 4. The fraction of sp³-hybridized carbons (Fsp3) is 0.867. The summed E-state index contributed by atoms with van der Waals surface area (Å²) in [5.41, 5.74) is 0. The molecule has 19 heavy (non-hydrogen) atoms. The van der Waals surface area contributed by atoms with Crippen LogP contribution >= 0.6 is 0 Å². The minimum absolute atomic E-state index is 0.145. The Morgan fingerprint density at radius 1 is 1.11 bits per heavy atom. The minimum atomic E-state index is 0.145. The molecule has 0 unspecified atom stereocenters. The highest BCUT2D eigenvalue weighted by molar-refractivity contribution is 5.76. The summed E-state index contributed by atoms with van der Waals surface area (Å²) in [6, 6.07) is 0.594. The number of Topliss-reactive ketones (excluding diaryl/α,β-unsaturated/α-hetero) is 1. The van der Waals surface area contributed by atoms with Crippen LogP contribution in [0.2, 0.25) is 0 Å². The van der Waals surface area contributed by atoms with Gasteiger partial charge in [-0.2, -0.15) is 0 Å². The Morgan fingerprint density at radius 3 is 1.95 bits per heavy atom. The van der Waals surface area contributed by atoms with E-state index in [0.717, 1.165) is 25.9 Å². The van der Waals surface area contributed by atoms with Gasteiger partial charge in [-0.25, -0.2) is 4.79 Å². The summed E-state index contributed by atoms with van der Waals surface area (Å²) in [5, 5.41) is 0.